The van der Waals surface area contributed by atoms with Gasteiger partial charge in [0.05, 0.1) is 4.88 Å². The Morgan fingerprint density at radius 1 is 1.16 bits per heavy atom. The summed E-state index contributed by atoms with van der Waals surface area (Å²) in [5.41, 5.74) is 8.71. The van der Waals surface area contributed by atoms with E-state index in [1.165, 1.54) is 38.3 Å². The molecule has 2 heteroatoms. The van der Waals surface area contributed by atoms with E-state index in [1.54, 1.807) is 11.3 Å². The standard InChI is InChI=1S/C23H28OS/c1-12-9-16(10-13(2)14(12)3)7-8-19(24)22-17-11-18-21(23(18,5)6)20(17)15(4)25-22/h9-10,18,21H,7-8,11H2,1-6H3/t18-,21-/m1/s1. The second-order valence-electron chi connectivity index (χ2n) is 8.77. The second-order valence-corrected chi connectivity index (χ2v) is 9.99. The SMILES string of the molecule is Cc1cc(CCC(=O)c2sc(C)c3c2C[C@@H]2[C@H]3C2(C)C)cc(C)c1C. The van der Waals surface area contributed by atoms with Crippen molar-refractivity contribution in [1.29, 1.82) is 0 Å². The van der Waals surface area contributed by atoms with E-state index >= 15 is 0 Å². The molecule has 1 saturated carbocycles. The van der Waals surface area contributed by atoms with Gasteiger partial charge in [-0.3, -0.25) is 4.79 Å². The fourth-order valence-corrected chi connectivity index (χ4v) is 6.20. The van der Waals surface area contributed by atoms with E-state index in [2.05, 4.69) is 53.7 Å². The van der Waals surface area contributed by atoms with Crippen molar-refractivity contribution in [1.82, 2.24) is 0 Å². The lowest BCUT2D eigenvalue weighted by Gasteiger charge is -2.10. The zero-order valence-electron chi connectivity index (χ0n) is 16.2. The highest BCUT2D eigenvalue weighted by Gasteiger charge is 2.63. The molecular weight excluding hydrogens is 324 g/mol. The highest BCUT2D eigenvalue weighted by atomic mass is 32.1. The topological polar surface area (TPSA) is 17.1 Å². The molecule has 1 fully saturated rings. The summed E-state index contributed by atoms with van der Waals surface area (Å²) in [7, 11) is 0. The first-order valence-corrected chi connectivity index (χ1v) is 10.3. The molecule has 1 aromatic heterocycles. The van der Waals surface area contributed by atoms with Crippen LogP contribution in [0.3, 0.4) is 0 Å². The molecule has 1 aromatic carbocycles. The number of hydrogen-bond donors (Lipinski definition) is 0. The Hall–Kier alpha value is -1.41. The molecule has 132 valence electrons. The minimum atomic E-state index is 0.351. The van der Waals surface area contributed by atoms with Crippen molar-refractivity contribution in [2.75, 3.05) is 0 Å². The van der Waals surface area contributed by atoms with E-state index in [9.17, 15) is 4.79 Å². The van der Waals surface area contributed by atoms with Crippen LogP contribution in [0.4, 0.5) is 0 Å². The third kappa shape index (κ3) is 2.52. The van der Waals surface area contributed by atoms with Gasteiger partial charge in [-0.2, -0.15) is 0 Å². The van der Waals surface area contributed by atoms with Crippen LogP contribution in [0.1, 0.15) is 74.1 Å². The van der Waals surface area contributed by atoms with Crippen molar-refractivity contribution in [2.24, 2.45) is 11.3 Å². The molecule has 2 aliphatic carbocycles. The molecule has 2 atom stereocenters. The van der Waals surface area contributed by atoms with Gasteiger partial charge in [0.2, 0.25) is 0 Å². The summed E-state index contributed by atoms with van der Waals surface area (Å²) in [5.74, 6) is 1.84. The maximum Gasteiger partial charge on any atom is 0.173 e. The summed E-state index contributed by atoms with van der Waals surface area (Å²) < 4.78 is 0. The summed E-state index contributed by atoms with van der Waals surface area (Å²) >= 11 is 1.75. The summed E-state index contributed by atoms with van der Waals surface area (Å²) in [6.07, 6.45) is 2.61. The predicted molar refractivity (Wildman–Crippen MR) is 106 cm³/mol. The van der Waals surface area contributed by atoms with Crippen LogP contribution in [-0.4, -0.2) is 5.78 Å². The van der Waals surface area contributed by atoms with Gasteiger partial charge in [0.25, 0.3) is 0 Å². The van der Waals surface area contributed by atoms with Crippen LogP contribution >= 0.6 is 11.3 Å². The number of thiophene rings is 1. The molecular formula is C23H28OS. The van der Waals surface area contributed by atoms with Gasteiger partial charge in [-0.1, -0.05) is 26.0 Å². The number of rotatable bonds is 4. The number of carbonyl (C=O) groups is 1. The smallest absolute Gasteiger partial charge is 0.173 e. The summed E-state index contributed by atoms with van der Waals surface area (Å²) in [4.78, 5) is 15.4. The van der Waals surface area contributed by atoms with Crippen LogP contribution in [0.15, 0.2) is 12.1 Å². The molecule has 2 aromatic rings. The lowest BCUT2D eigenvalue weighted by Crippen LogP contribution is -2.05. The summed E-state index contributed by atoms with van der Waals surface area (Å²) in [6.45, 7) is 13.5. The Morgan fingerprint density at radius 3 is 2.44 bits per heavy atom. The van der Waals surface area contributed by atoms with E-state index < -0.39 is 0 Å². The van der Waals surface area contributed by atoms with Crippen LogP contribution < -0.4 is 0 Å². The number of benzene rings is 1. The molecule has 0 amide bonds. The van der Waals surface area contributed by atoms with E-state index in [0.29, 0.717) is 23.5 Å². The van der Waals surface area contributed by atoms with E-state index in [1.807, 2.05) is 0 Å². The molecule has 1 heterocycles. The Morgan fingerprint density at radius 2 is 1.80 bits per heavy atom. The Labute approximate surface area is 155 Å². The van der Waals surface area contributed by atoms with Gasteiger partial charge >= 0.3 is 0 Å². The number of aryl methyl sites for hydroxylation is 4. The van der Waals surface area contributed by atoms with Gasteiger partial charge in [-0.25, -0.2) is 0 Å². The third-order valence-electron chi connectivity index (χ3n) is 6.90. The Bertz CT molecular complexity index is 861. The fourth-order valence-electron chi connectivity index (χ4n) is 5.00. The third-order valence-corrected chi connectivity index (χ3v) is 8.10. The highest BCUT2D eigenvalue weighted by Crippen LogP contribution is 2.71. The molecule has 0 unspecified atom stereocenters. The summed E-state index contributed by atoms with van der Waals surface area (Å²) in [6, 6.07) is 4.49. The zero-order valence-corrected chi connectivity index (χ0v) is 17.1. The Kier molecular flexibility index (Phi) is 3.77. The number of hydrogen-bond acceptors (Lipinski definition) is 2. The minimum absolute atomic E-state index is 0.351. The molecule has 0 saturated heterocycles. The average Bonchev–Trinajstić information content (AvgIpc) is 2.90. The maximum atomic E-state index is 12.9. The van der Waals surface area contributed by atoms with Gasteiger partial charge in [0.1, 0.15) is 0 Å². The molecule has 1 nitrogen and oxygen atoms in total. The van der Waals surface area contributed by atoms with Crippen molar-refractivity contribution < 1.29 is 4.79 Å². The average molecular weight is 353 g/mol. The molecule has 25 heavy (non-hydrogen) atoms. The number of fused-ring (bicyclic) bond motifs is 3. The molecule has 0 radical (unpaired) electrons. The molecule has 4 rings (SSSR count). The van der Waals surface area contributed by atoms with E-state index in [-0.39, 0.29) is 0 Å². The lowest BCUT2D eigenvalue weighted by atomic mass is 9.93. The normalized spacial score (nSPS) is 22.6. The first-order chi connectivity index (χ1) is 11.7. The largest absolute Gasteiger partial charge is 0.293 e. The van der Waals surface area contributed by atoms with Crippen LogP contribution in [0.5, 0.6) is 0 Å². The lowest BCUT2D eigenvalue weighted by molar-refractivity contribution is 0.0986. The van der Waals surface area contributed by atoms with Crippen LogP contribution in [0.2, 0.25) is 0 Å². The number of ketones is 1. The molecule has 0 N–H and O–H groups in total. The number of carbonyl (C=O) groups excluding carboxylic acids is 1. The van der Waals surface area contributed by atoms with Crippen LogP contribution in [-0.2, 0) is 12.8 Å². The predicted octanol–water partition coefficient (Wildman–Crippen LogP) is 6.09. The van der Waals surface area contributed by atoms with Crippen LogP contribution in [0, 0.1) is 39.0 Å². The first-order valence-electron chi connectivity index (χ1n) is 9.44. The fraction of sp³-hybridized carbons (Fsp3) is 0.522. The van der Waals surface area contributed by atoms with Crippen molar-refractivity contribution >= 4 is 17.1 Å². The van der Waals surface area contributed by atoms with Gasteiger partial charge < -0.3 is 0 Å². The van der Waals surface area contributed by atoms with E-state index in [4.69, 9.17) is 0 Å². The number of Topliss-reactive ketones (excluding diaryl/α,β-unsaturated/α-hetero) is 1. The van der Waals surface area contributed by atoms with Crippen molar-refractivity contribution in [3.63, 3.8) is 0 Å². The molecule has 0 spiro atoms. The summed E-state index contributed by atoms with van der Waals surface area (Å²) in [5, 5.41) is 0. The zero-order chi connectivity index (χ0) is 18.1. The monoisotopic (exact) mass is 352 g/mol. The van der Waals surface area contributed by atoms with Crippen molar-refractivity contribution in [3.8, 4) is 0 Å². The molecule has 0 aliphatic heterocycles. The Balaban J connectivity index is 1.52. The van der Waals surface area contributed by atoms with Gasteiger partial charge in [-0.05, 0) is 91.2 Å². The van der Waals surface area contributed by atoms with Crippen LogP contribution in [0.25, 0.3) is 0 Å². The quantitative estimate of drug-likeness (QED) is 0.608. The first kappa shape index (κ1) is 17.0. The highest BCUT2D eigenvalue weighted by molar-refractivity contribution is 7.14. The van der Waals surface area contributed by atoms with E-state index in [0.717, 1.165) is 23.6 Å². The van der Waals surface area contributed by atoms with Crippen molar-refractivity contribution in [3.05, 3.63) is 55.3 Å². The van der Waals surface area contributed by atoms with Gasteiger partial charge in [-0.15, -0.1) is 11.3 Å². The van der Waals surface area contributed by atoms with Gasteiger partial charge in [0, 0.05) is 11.3 Å². The van der Waals surface area contributed by atoms with Crippen molar-refractivity contribution in [2.45, 2.75) is 66.7 Å². The molecule has 2 aliphatic rings. The molecule has 0 bridgehead atoms. The minimum Gasteiger partial charge on any atom is -0.293 e. The maximum absolute atomic E-state index is 12.9. The van der Waals surface area contributed by atoms with Gasteiger partial charge in [0.15, 0.2) is 5.78 Å². The second kappa shape index (κ2) is 5.54.